The molecule has 0 aromatic rings. The third-order valence-corrected chi connectivity index (χ3v) is 4.98. The molecule has 20 heavy (non-hydrogen) atoms. The van der Waals surface area contributed by atoms with Gasteiger partial charge in [-0.1, -0.05) is 25.7 Å². The Bertz CT molecular complexity index is 322. The molecule has 2 N–H and O–H groups in total. The SMILES string of the molecule is CN(CCC(C)(NC1CC1)C(=O)O)C1CCCCCC1. The molecule has 4 heteroatoms. The number of carboxylic acids is 1. The van der Waals surface area contributed by atoms with Crippen LogP contribution in [-0.2, 0) is 4.79 Å². The molecule has 0 aliphatic heterocycles. The normalized spacial score (nSPS) is 24.4. The number of hydrogen-bond donors (Lipinski definition) is 2. The molecule has 1 unspecified atom stereocenters. The van der Waals surface area contributed by atoms with Crippen LogP contribution in [0.25, 0.3) is 0 Å². The van der Waals surface area contributed by atoms with E-state index in [1.807, 2.05) is 6.92 Å². The molecule has 2 aliphatic carbocycles. The average molecular weight is 282 g/mol. The quantitative estimate of drug-likeness (QED) is 0.705. The zero-order valence-electron chi connectivity index (χ0n) is 13.0. The summed E-state index contributed by atoms with van der Waals surface area (Å²) in [5.74, 6) is -0.710. The van der Waals surface area contributed by atoms with Gasteiger partial charge in [-0.15, -0.1) is 0 Å². The lowest BCUT2D eigenvalue weighted by atomic mass is 9.96. The first-order chi connectivity index (χ1) is 9.51. The fraction of sp³-hybridized carbons (Fsp3) is 0.938. The zero-order valence-corrected chi connectivity index (χ0v) is 13.0. The van der Waals surface area contributed by atoms with Crippen molar-refractivity contribution >= 4 is 5.97 Å². The molecular formula is C16H30N2O2. The van der Waals surface area contributed by atoms with Crippen LogP contribution in [-0.4, -0.2) is 47.2 Å². The first kappa shape index (κ1) is 15.8. The van der Waals surface area contributed by atoms with Crippen LogP contribution >= 0.6 is 0 Å². The number of nitrogens with one attached hydrogen (secondary N) is 1. The number of nitrogens with zero attached hydrogens (tertiary/aromatic N) is 1. The minimum Gasteiger partial charge on any atom is -0.480 e. The fourth-order valence-electron chi connectivity index (χ4n) is 3.20. The van der Waals surface area contributed by atoms with Crippen molar-refractivity contribution in [2.45, 2.75) is 82.3 Å². The summed E-state index contributed by atoms with van der Waals surface area (Å²) in [5.41, 5.74) is -0.764. The van der Waals surface area contributed by atoms with E-state index >= 15 is 0 Å². The Kier molecular flexibility index (Phi) is 5.44. The maximum Gasteiger partial charge on any atom is 0.323 e. The molecule has 0 heterocycles. The molecule has 0 bridgehead atoms. The molecular weight excluding hydrogens is 252 g/mol. The van der Waals surface area contributed by atoms with Crippen molar-refractivity contribution in [1.82, 2.24) is 10.2 Å². The molecule has 4 nitrogen and oxygen atoms in total. The van der Waals surface area contributed by atoms with Crippen molar-refractivity contribution in [3.63, 3.8) is 0 Å². The van der Waals surface area contributed by atoms with Crippen LogP contribution in [0.1, 0.15) is 64.7 Å². The largest absolute Gasteiger partial charge is 0.480 e. The molecule has 0 amide bonds. The van der Waals surface area contributed by atoms with E-state index in [1.54, 1.807) is 0 Å². The maximum atomic E-state index is 11.5. The molecule has 116 valence electrons. The number of hydrogen-bond acceptors (Lipinski definition) is 3. The van der Waals surface area contributed by atoms with E-state index in [0.29, 0.717) is 18.5 Å². The summed E-state index contributed by atoms with van der Waals surface area (Å²) >= 11 is 0. The van der Waals surface area contributed by atoms with Gasteiger partial charge >= 0.3 is 5.97 Å². The van der Waals surface area contributed by atoms with Gasteiger partial charge in [-0.2, -0.15) is 0 Å². The first-order valence-electron chi connectivity index (χ1n) is 8.22. The van der Waals surface area contributed by atoms with Crippen molar-refractivity contribution in [3.05, 3.63) is 0 Å². The Hall–Kier alpha value is -0.610. The molecule has 2 saturated carbocycles. The van der Waals surface area contributed by atoms with Gasteiger partial charge in [0.15, 0.2) is 0 Å². The standard InChI is InChI=1S/C16H30N2O2/c1-16(15(19)20,17-13-9-10-13)11-12-18(2)14-7-5-3-4-6-8-14/h13-14,17H,3-12H2,1-2H3,(H,19,20). The van der Waals surface area contributed by atoms with Crippen molar-refractivity contribution in [2.75, 3.05) is 13.6 Å². The van der Waals surface area contributed by atoms with Crippen LogP contribution in [0, 0.1) is 0 Å². The predicted octanol–water partition coefficient (Wildman–Crippen LogP) is 2.63. The van der Waals surface area contributed by atoms with Gasteiger partial charge in [-0.05, 0) is 46.1 Å². The molecule has 0 aromatic carbocycles. The third-order valence-electron chi connectivity index (χ3n) is 4.98. The monoisotopic (exact) mass is 282 g/mol. The number of aliphatic carboxylic acids is 1. The Morgan fingerprint density at radius 3 is 2.30 bits per heavy atom. The van der Waals surface area contributed by atoms with Crippen molar-refractivity contribution in [3.8, 4) is 0 Å². The van der Waals surface area contributed by atoms with E-state index < -0.39 is 11.5 Å². The average Bonchev–Trinajstić information content (AvgIpc) is 3.21. The summed E-state index contributed by atoms with van der Waals surface area (Å²) in [6.45, 7) is 2.71. The van der Waals surface area contributed by atoms with Gasteiger partial charge in [0.2, 0.25) is 0 Å². The van der Waals surface area contributed by atoms with E-state index in [0.717, 1.165) is 19.4 Å². The van der Waals surface area contributed by atoms with E-state index in [4.69, 9.17) is 0 Å². The van der Waals surface area contributed by atoms with Gasteiger partial charge in [0, 0.05) is 18.6 Å². The van der Waals surface area contributed by atoms with Crippen LogP contribution < -0.4 is 5.32 Å². The molecule has 0 spiro atoms. The van der Waals surface area contributed by atoms with Crippen LogP contribution in [0.3, 0.4) is 0 Å². The summed E-state index contributed by atoms with van der Waals surface area (Å²) in [4.78, 5) is 13.9. The molecule has 0 saturated heterocycles. The minimum absolute atomic E-state index is 0.430. The van der Waals surface area contributed by atoms with Crippen LogP contribution in [0.5, 0.6) is 0 Å². The predicted molar refractivity (Wildman–Crippen MR) is 80.9 cm³/mol. The summed E-state index contributed by atoms with van der Waals surface area (Å²) in [6.07, 6.45) is 10.9. The van der Waals surface area contributed by atoms with Crippen molar-refractivity contribution in [1.29, 1.82) is 0 Å². The first-order valence-corrected chi connectivity index (χ1v) is 8.22. The van der Waals surface area contributed by atoms with Crippen LogP contribution in [0.15, 0.2) is 0 Å². The Morgan fingerprint density at radius 2 is 1.80 bits per heavy atom. The van der Waals surface area contributed by atoms with Gasteiger partial charge in [-0.25, -0.2) is 0 Å². The van der Waals surface area contributed by atoms with Gasteiger partial charge in [-0.3, -0.25) is 10.1 Å². The number of carboxylic acid groups (broad SMARTS) is 1. The second kappa shape index (κ2) is 6.90. The number of rotatable bonds is 7. The van der Waals surface area contributed by atoms with Crippen LogP contribution in [0.2, 0.25) is 0 Å². The maximum absolute atomic E-state index is 11.5. The number of carbonyl (C=O) groups is 1. The highest BCUT2D eigenvalue weighted by atomic mass is 16.4. The zero-order chi connectivity index (χ0) is 14.6. The van der Waals surface area contributed by atoms with Gasteiger partial charge < -0.3 is 10.0 Å². The Balaban J connectivity index is 1.82. The lowest BCUT2D eigenvalue weighted by molar-refractivity contribution is -0.144. The lowest BCUT2D eigenvalue weighted by Crippen LogP contribution is -2.52. The van der Waals surface area contributed by atoms with Gasteiger partial charge in [0.25, 0.3) is 0 Å². The highest BCUT2D eigenvalue weighted by Crippen LogP contribution is 2.26. The highest BCUT2D eigenvalue weighted by molar-refractivity contribution is 5.78. The fourth-order valence-corrected chi connectivity index (χ4v) is 3.20. The van der Waals surface area contributed by atoms with E-state index in [2.05, 4.69) is 17.3 Å². The second-order valence-corrected chi connectivity index (χ2v) is 6.93. The van der Waals surface area contributed by atoms with Gasteiger partial charge in [0.05, 0.1) is 0 Å². The Labute approximate surface area is 122 Å². The smallest absolute Gasteiger partial charge is 0.323 e. The molecule has 2 rings (SSSR count). The molecule has 0 aromatic heterocycles. The van der Waals surface area contributed by atoms with E-state index in [1.165, 1.54) is 38.5 Å². The third kappa shape index (κ3) is 4.45. The lowest BCUT2D eigenvalue weighted by Gasteiger charge is -2.32. The molecule has 2 fully saturated rings. The van der Waals surface area contributed by atoms with E-state index in [9.17, 15) is 9.90 Å². The molecule has 0 radical (unpaired) electrons. The van der Waals surface area contributed by atoms with Crippen molar-refractivity contribution in [2.24, 2.45) is 0 Å². The van der Waals surface area contributed by atoms with Crippen LogP contribution in [0.4, 0.5) is 0 Å². The molecule has 1 atom stereocenters. The summed E-state index contributed by atoms with van der Waals surface area (Å²) in [6, 6.07) is 1.08. The summed E-state index contributed by atoms with van der Waals surface area (Å²) in [7, 11) is 2.16. The van der Waals surface area contributed by atoms with E-state index in [-0.39, 0.29) is 0 Å². The minimum atomic E-state index is -0.764. The van der Waals surface area contributed by atoms with Crippen molar-refractivity contribution < 1.29 is 9.90 Å². The molecule has 2 aliphatic rings. The Morgan fingerprint density at radius 1 is 1.20 bits per heavy atom. The highest BCUT2D eigenvalue weighted by Gasteiger charge is 2.38. The summed E-state index contributed by atoms with van der Waals surface area (Å²) < 4.78 is 0. The topological polar surface area (TPSA) is 52.6 Å². The second-order valence-electron chi connectivity index (χ2n) is 6.93. The summed E-state index contributed by atoms with van der Waals surface area (Å²) in [5, 5.41) is 12.8. The van der Waals surface area contributed by atoms with Gasteiger partial charge in [0.1, 0.15) is 5.54 Å².